The molecule has 1 aliphatic carbocycles. The minimum absolute atomic E-state index is 0.0267. The lowest BCUT2D eigenvalue weighted by Gasteiger charge is -2.24. The van der Waals surface area contributed by atoms with Crippen LogP contribution >= 0.6 is 0 Å². The van der Waals surface area contributed by atoms with Gasteiger partial charge in [-0.05, 0) is 18.4 Å². The van der Waals surface area contributed by atoms with Gasteiger partial charge < -0.3 is 10.4 Å². The molecule has 2 atom stereocenters. The number of hydrogen-bond donors (Lipinski definition) is 2. The number of nitrogens with one attached hydrogen (secondary N) is 1. The Bertz CT molecular complexity index is 366. The Morgan fingerprint density at radius 1 is 1.41 bits per heavy atom. The van der Waals surface area contributed by atoms with Gasteiger partial charge in [-0.3, -0.25) is 4.79 Å². The van der Waals surface area contributed by atoms with Gasteiger partial charge in [-0.2, -0.15) is 0 Å². The van der Waals surface area contributed by atoms with E-state index in [0.29, 0.717) is 18.4 Å². The number of hydrogen-bond acceptors (Lipinski definition) is 3. The monoisotopic (exact) mass is 233 g/mol. The van der Waals surface area contributed by atoms with E-state index in [9.17, 15) is 9.90 Å². The summed E-state index contributed by atoms with van der Waals surface area (Å²) in [6, 6.07) is 0. The zero-order valence-electron chi connectivity index (χ0n) is 10.1. The fraction of sp³-hybridized carbons (Fsp3) is 0.357. The van der Waals surface area contributed by atoms with Gasteiger partial charge in [-0.1, -0.05) is 31.7 Å². The van der Waals surface area contributed by atoms with Gasteiger partial charge in [0.15, 0.2) is 5.78 Å². The third-order valence-electron chi connectivity index (χ3n) is 2.63. The van der Waals surface area contributed by atoms with Crippen molar-refractivity contribution in [1.82, 2.24) is 5.32 Å². The topological polar surface area (TPSA) is 49.3 Å². The second-order valence-electron chi connectivity index (χ2n) is 4.23. The summed E-state index contributed by atoms with van der Waals surface area (Å²) in [7, 11) is 0. The van der Waals surface area contributed by atoms with Crippen LogP contribution in [0, 0.1) is 5.92 Å². The molecule has 0 heterocycles. The number of ketones is 1. The molecule has 1 saturated carbocycles. The van der Waals surface area contributed by atoms with Crippen molar-refractivity contribution in [2.45, 2.75) is 25.9 Å². The molecular formula is C14H19NO2. The van der Waals surface area contributed by atoms with E-state index in [2.05, 4.69) is 11.9 Å². The fourth-order valence-electron chi connectivity index (χ4n) is 1.78. The van der Waals surface area contributed by atoms with Crippen LogP contribution in [0.4, 0.5) is 0 Å². The third kappa shape index (κ3) is 4.41. The standard InChI is InChI=1S/C14H19NO2/c1-3-4-5-6-7-15-10-12-13(16)8-11(2)9-14(12)17/h3-7,10-11,13,15-16H,1,8-9H2,2H3/b5-4-,7-6+,12-10-. The first kappa shape index (κ1) is 13.5. The number of Topliss-reactive ketones (excluding diaryl/α,β-unsaturated/α-hetero) is 1. The molecule has 0 aromatic heterocycles. The van der Waals surface area contributed by atoms with E-state index in [1.807, 2.05) is 13.0 Å². The Morgan fingerprint density at radius 3 is 2.82 bits per heavy atom. The zero-order chi connectivity index (χ0) is 12.7. The second-order valence-corrected chi connectivity index (χ2v) is 4.23. The molecule has 0 bridgehead atoms. The van der Waals surface area contributed by atoms with Gasteiger partial charge in [0.1, 0.15) is 0 Å². The molecule has 17 heavy (non-hydrogen) atoms. The average Bonchev–Trinajstić information content (AvgIpc) is 2.26. The quantitative estimate of drug-likeness (QED) is 0.577. The molecular weight excluding hydrogens is 214 g/mol. The fourth-order valence-corrected chi connectivity index (χ4v) is 1.78. The SMILES string of the molecule is C=C/C=C\C=C\N/C=C1\C(=O)CC(C)CC1O. The molecule has 92 valence electrons. The predicted octanol–water partition coefficient (Wildman–Crippen LogP) is 2.08. The van der Waals surface area contributed by atoms with E-state index in [1.54, 1.807) is 30.6 Å². The van der Waals surface area contributed by atoms with Gasteiger partial charge in [0.2, 0.25) is 0 Å². The van der Waals surface area contributed by atoms with Crippen LogP contribution in [0.15, 0.2) is 48.9 Å². The van der Waals surface area contributed by atoms with E-state index in [4.69, 9.17) is 0 Å². The lowest BCUT2D eigenvalue weighted by Crippen LogP contribution is -2.29. The largest absolute Gasteiger partial charge is 0.388 e. The molecule has 0 saturated heterocycles. The molecule has 2 N–H and O–H groups in total. The van der Waals surface area contributed by atoms with Crippen molar-refractivity contribution in [1.29, 1.82) is 0 Å². The van der Waals surface area contributed by atoms with Gasteiger partial charge in [0, 0.05) is 24.4 Å². The number of rotatable bonds is 4. The maximum atomic E-state index is 11.7. The first-order valence-corrected chi connectivity index (χ1v) is 5.76. The molecule has 0 aliphatic heterocycles. The molecule has 3 heteroatoms. The lowest BCUT2D eigenvalue weighted by molar-refractivity contribution is -0.119. The molecule has 1 aliphatic rings. The minimum atomic E-state index is -0.643. The van der Waals surface area contributed by atoms with Crippen molar-refractivity contribution in [2.75, 3.05) is 0 Å². The van der Waals surface area contributed by atoms with Gasteiger partial charge in [0.25, 0.3) is 0 Å². The molecule has 0 spiro atoms. The van der Waals surface area contributed by atoms with Crippen LogP contribution in [0.5, 0.6) is 0 Å². The summed E-state index contributed by atoms with van der Waals surface area (Å²) in [6.07, 6.45) is 10.9. The van der Waals surface area contributed by atoms with E-state index in [0.717, 1.165) is 0 Å². The number of carbonyl (C=O) groups is 1. The molecule has 0 amide bonds. The maximum absolute atomic E-state index is 11.7. The second kappa shape index (κ2) is 6.86. The molecule has 0 radical (unpaired) electrons. The minimum Gasteiger partial charge on any atom is -0.388 e. The normalized spacial score (nSPS) is 28.1. The van der Waals surface area contributed by atoms with Crippen molar-refractivity contribution in [3.8, 4) is 0 Å². The average molecular weight is 233 g/mol. The van der Waals surface area contributed by atoms with E-state index in [-0.39, 0.29) is 11.7 Å². The summed E-state index contributed by atoms with van der Waals surface area (Å²) in [4.78, 5) is 11.7. The van der Waals surface area contributed by atoms with E-state index in [1.165, 1.54) is 0 Å². The van der Waals surface area contributed by atoms with E-state index >= 15 is 0 Å². The summed E-state index contributed by atoms with van der Waals surface area (Å²) in [5, 5.41) is 12.7. The Kier molecular flexibility index (Phi) is 5.43. The van der Waals surface area contributed by atoms with Gasteiger partial charge in [-0.15, -0.1) is 0 Å². The van der Waals surface area contributed by atoms with Gasteiger partial charge in [-0.25, -0.2) is 0 Å². The number of carbonyl (C=O) groups excluding carboxylic acids is 1. The van der Waals surface area contributed by atoms with Crippen LogP contribution in [-0.2, 0) is 4.79 Å². The van der Waals surface area contributed by atoms with Gasteiger partial charge in [0.05, 0.1) is 6.10 Å². The van der Waals surface area contributed by atoms with Crippen LogP contribution in [-0.4, -0.2) is 17.0 Å². The Morgan fingerprint density at radius 2 is 2.18 bits per heavy atom. The van der Waals surface area contributed by atoms with Crippen LogP contribution < -0.4 is 5.32 Å². The number of aliphatic hydroxyl groups is 1. The number of allylic oxidation sites excluding steroid dienone is 4. The summed E-state index contributed by atoms with van der Waals surface area (Å²) < 4.78 is 0. The first-order chi connectivity index (χ1) is 8.15. The highest BCUT2D eigenvalue weighted by Crippen LogP contribution is 2.24. The number of aliphatic hydroxyl groups excluding tert-OH is 1. The smallest absolute Gasteiger partial charge is 0.163 e. The maximum Gasteiger partial charge on any atom is 0.163 e. The van der Waals surface area contributed by atoms with Gasteiger partial charge >= 0.3 is 0 Å². The van der Waals surface area contributed by atoms with E-state index < -0.39 is 6.10 Å². The van der Waals surface area contributed by atoms with Crippen molar-refractivity contribution in [2.24, 2.45) is 5.92 Å². The molecule has 0 aromatic rings. The highest BCUT2D eigenvalue weighted by atomic mass is 16.3. The predicted molar refractivity (Wildman–Crippen MR) is 69.1 cm³/mol. The Labute approximate surface area is 102 Å². The lowest BCUT2D eigenvalue weighted by atomic mass is 9.84. The molecule has 1 fully saturated rings. The first-order valence-electron chi connectivity index (χ1n) is 5.76. The summed E-state index contributed by atoms with van der Waals surface area (Å²) in [6.45, 7) is 5.53. The van der Waals surface area contributed by atoms with Crippen LogP contribution in [0.2, 0.25) is 0 Å². The summed E-state index contributed by atoms with van der Waals surface area (Å²) in [5.41, 5.74) is 0.473. The van der Waals surface area contributed by atoms with Crippen LogP contribution in [0.25, 0.3) is 0 Å². The third-order valence-corrected chi connectivity index (χ3v) is 2.63. The molecule has 2 unspecified atom stereocenters. The molecule has 0 aromatic carbocycles. The highest BCUT2D eigenvalue weighted by molar-refractivity contribution is 5.97. The highest BCUT2D eigenvalue weighted by Gasteiger charge is 2.27. The van der Waals surface area contributed by atoms with Crippen molar-refractivity contribution >= 4 is 5.78 Å². The van der Waals surface area contributed by atoms with Crippen LogP contribution in [0.3, 0.4) is 0 Å². The van der Waals surface area contributed by atoms with Crippen LogP contribution in [0.1, 0.15) is 19.8 Å². The summed E-state index contributed by atoms with van der Waals surface area (Å²) >= 11 is 0. The molecule has 1 rings (SSSR count). The van der Waals surface area contributed by atoms with Crippen molar-refractivity contribution in [3.63, 3.8) is 0 Å². The Balaban J connectivity index is 2.53. The molecule has 3 nitrogen and oxygen atoms in total. The summed E-state index contributed by atoms with van der Waals surface area (Å²) in [5.74, 6) is 0.291. The van der Waals surface area contributed by atoms with Crippen molar-refractivity contribution < 1.29 is 9.90 Å². The zero-order valence-corrected chi connectivity index (χ0v) is 10.1. The Hall–Kier alpha value is -1.61. The van der Waals surface area contributed by atoms with Crippen molar-refractivity contribution in [3.05, 3.63) is 48.9 Å².